The zero-order chi connectivity index (χ0) is 13.7. The maximum absolute atomic E-state index is 14.2. The van der Waals surface area contributed by atoms with Gasteiger partial charge in [0.15, 0.2) is 0 Å². The number of ether oxygens (including phenoxy) is 1. The van der Waals surface area contributed by atoms with Crippen molar-refractivity contribution in [2.24, 2.45) is 0 Å². The molecule has 3 heteroatoms. The molecule has 106 valence electrons. The van der Waals surface area contributed by atoms with E-state index in [-0.39, 0.29) is 11.9 Å². The minimum Gasteiger partial charge on any atom is -0.378 e. The van der Waals surface area contributed by atoms with Crippen LogP contribution in [0.1, 0.15) is 49.8 Å². The summed E-state index contributed by atoms with van der Waals surface area (Å²) in [5, 5.41) is 3.40. The van der Waals surface area contributed by atoms with Gasteiger partial charge >= 0.3 is 0 Å². The first-order chi connectivity index (χ1) is 9.22. The molecule has 0 spiro atoms. The first kappa shape index (κ1) is 14.5. The summed E-state index contributed by atoms with van der Waals surface area (Å²) < 4.78 is 19.9. The maximum atomic E-state index is 14.2. The van der Waals surface area contributed by atoms with E-state index in [1.54, 1.807) is 0 Å². The van der Waals surface area contributed by atoms with Gasteiger partial charge in [0.2, 0.25) is 0 Å². The van der Waals surface area contributed by atoms with Crippen LogP contribution < -0.4 is 5.32 Å². The summed E-state index contributed by atoms with van der Waals surface area (Å²) in [6.45, 7) is 5.62. The van der Waals surface area contributed by atoms with Crippen LogP contribution >= 0.6 is 0 Å². The average molecular weight is 265 g/mol. The Kier molecular flexibility index (Phi) is 5.34. The molecule has 1 aromatic carbocycles. The first-order valence-electron chi connectivity index (χ1n) is 7.32. The van der Waals surface area contributed by atoms with Crippen molar-refractivity contribution in [1.29, 1.82) is 0 Å². The first-order valence-corrected chi connectivity index (χ1v) is 7.32. The third-order valence-corrected chi connectivity index (χ3v) is 3.85. The lowest BCUT2D eigenvalue weighted by Gasteiger charge is -2.21. The van der Waals surface area contributed by atoms with Gasteiger partial charge in [0.25, 0.3) is 0 Å². The lowest BCUT2D eigenvalue weighted by Crippen LogP contribution is -2.23. The van der Waals surface area contributed by atoms with E-state index in [0.717, 1.165) is 50.0 Å². The highest BCUT2D eigenvalue weighted by Crippen LogP contribution is 2.26. The van der Waals surface area contributed by atoms with Crippen LogP contribution in [0.15, 0.2) is 18.2 Å². The fourth-order valence-corrected chi connectivity index (χ4v) is 2.78. The summed E-state index contributed by atoms with van der Waals surface area (Å²) >= 11 is 0. The quantitative estimate of drug-likeness (QED) is 0.846. The van der Waals surface area contributed by atoms with E-state index in [9.17, 15) is 4.39 Å². The molecule has 0 aliphatic carbocycles. The van der Waals surface area contributed by atoms with Gasteiger partial charge in [-0.05, 0) is 44.7 Å². The number of halogens is 1. The van der Waals surface area contributed by atoms with Crippen LogP contribution in [0.25, 0.3) is 0 Å². The van der Waals surface area contributed by atoms with Crippen LogP contribution in [-0.4, -0.2) is 19.3 Å². The van der Waals surface area contributed by atoms with Crippen LogP contribution in [0.4, 0.5) is 4.39 Å². The van der Waals surface area contributed by atoms with E-state index in [4.69, 9.17) is 4.74 Å². The molecule has 0 radical (unpaired) electrons. The normalized spacial score (nSPS) is 20.7. The molecule has 2 unspecified atom stereocenters. The summed E-state index contributed by atoms with van der Waals surface area (Å²) in [4.78, 5) is 0. The van der Waals surface area contributed by atoms with E-state index < -0.39 is 0 Å². The molecule has 1 aliphatic heterocycles. The van der Waals surface area contributed by atoms with Crippen molar-refractivity contribution in [3.8, 4) is 0 Å². The lowest BCUT2D eigenvalue weighted by molar-refractivity contribution is 0.0995. The SMILES string of the molecule is CCNC(CCC1CCCO1)c1cccc(C)c1F. The van der Waals surface area contributed by atoms with Gasteiger partial charge in [-0.1, -0.05) is 25.1 Å². The number of hydrogen-bond acceptors (Lipinski definition) is 2. The molecule has 1 saturated heterocycles. The summed E-state index contributed by atoms with van der Waals surface area (Å²) in [6, 6.07) is 5.74. The number of aryl methyl sites for hydroxylation is 1. The highest BCUT2D eigenvalue weighted by atomic mass is 19.1. The minimum atomic E-state index is -0.0687. The van der Waals surface area contributed by atoms with Crippen molar-refractivity contribution in [3.63, 3.8) is 0 Å². The van der Waals surface area contributed by atoms with Crippen LogP contribution in [0.5, 0.6) is 0 Å². The Labute approximate surface area is 115 Å². The second-order valence-electron chi connectivity index (χ2n) is 5.30. The molecule has 0 saturated carbocycles. The monoisotopic (exact) mass is 265 g/mol. The van der Waals surface area contributed by atoms with Crippen molar-refractivity contribution < 1.29 is 9.13 Å². The van der Waals surface area contributed by atoms with E-state index in [1.165, 1.54) is 0 Å². The Hall–Kier alpha value is -0.930. The van der Waals surface area contributed by atoms with E-state index in [2.05, 4.69) is 12.2 Å². The van der Waals surface area contributed by atoms with Gasteiger partial charge in [-0.25, -0.2) is 4.39 Å². The Balaban J connectivity index is 2.03. The van der Waals surface area contributed by atoms with Crippen molar-refractivity contribution >= 4 is 0 Å². The molecule has 1 aromatic rings. The van der Waals surface area contributed by atoms with E-state index >= 15 is 0 Å². The standard InChI is InChI=1S/C16H24FNO/c1-3-18-15(10-9-13-7-5-11-19-13)14-8-4-6-12(2)16(14)17/h4,6,8,13,15,18H,3,5,7,9-11H2,1-2H3. The van der Waals surface area contributed by atoms with Gasteiger partial charge in [0, 0.05) is 18.2 Å². The number of nitrogens with one attached hydrogen (secondary N) is 1. The molecule has 19 heavy (non-hydrogen) atoms. The Bertz CT molecular complexity index is 402. The molecule has 1 fully saturated rings. The summed E-state index contributed by atoms with van der Waals surface area (Å²) in [5.41, 5.74) is 1.51. The molecule has 2 atom stereocenters. The maximum Gasteiger partial charge on any atom is 0.130 e. The topological polar surface area (TPSA) is 21.3 Å². The van der Waals surface area contributed by atoms with Crippen molar-refractivity contribution in [2.75, 3.05) is 13.2 Å². The largest absolute Gasteiger partial charge is 0.378 e. The van der Waals surface area contributed by atoms with Crippen LogP contribution in [-0.2, 0) is 4.74 Å². The molecule has 1 heterocycles. The van der Waals surface area contributed by atoms with Gasteiger partial charge in [-0.15, -0.1) is 0 Å². The second kappa shape index (κ2) is 7.01. The van der Waals surface area contributed by atoms with Crippen molar-refractivity contribution in [3.05, 3.63) is 35.1 Å². The second-order valence-corrected chi connectivity index (χ2v) is 5.30. The van der Waals surface area contributed by atoms with Gasteiger partial charge in [0.1, 0.15) is 5.82 Å². The third-order valence-electron chi connectivity index (χ3n) is 3.85. The summed E-state index contributed by atoms with van der Waals surface area (Å²) in [6.07, 6.45) is 4.61. The van der Waals surface area contributed by atoms with E-state index in [1.807, 2.05) is 25.1 Å². The molecule has 2 rings (SSSR count). The minimum absolute atomic E-state index is 0.0687. The number of rotatable bonds is 6. The fraction of sp³-hybridized carbons (Fsp3) is 0.625. The predicted molar refractivity (Wildman–Crippen MR) is 75.8 cm³/mol. The van der Waals surface area contributed by atoms with Crippen LogP contribution in [0.3, 0.4) is 0 Å². The third kappa shape index (κ3) is 3.77. The molecule has 1 N–H and O–H groups in total. The molecule has 0 amide bonds. The highest BCUT2D eigenvalue weighted by Gasteiger charge is 2.20. The zero-order valence-corrected chi connectivity index (χ0v) is 11.9. The summed E-state index contributed by atoms with van der Waals surface area (Å²) in [5.74, 6) is -0.0687. The lowest BCUT2D eigenvalue weighted by atomic mass is 9.97. The fourth-order valence-electron chi connectivity index (χ4n) is 2.78. The molecule has 2 nitrogen and oxygen atoms in total. The molecule has 0 bridgehead atoms. The number of hydrogen-bond donors (Lipinski definition) is 1. The zero-order valence-electron chi connectivity index (χ0n) is 11.9. The van der Waals surface area contributed by atoms with Gasteiger partial charge in [-0.2, -0.15) is 0 Å². The van der Waals surface area contributed by atoms with Crippen LogP contribution in [0.2, 0.25) is 0 Å². The Morgan fingerprint density at radius 3 is 3.00 bits per heavy atom. The predicted octanol–water partition coefficient (Wildman–Crippen LogP) is 3.74. The molecular weight excluding hydrogens is 241 g/mol. The average Bonchev–Trinajstić information content (AvgIpc) is 2.91. The van der Waals surface area contributed by atoms with Crippen LogP contribution in [0, 0.1) is 12.7 Å². The van der Waals surface area contributed by atoms with E-state index in [0.29, 0.717) is 6.10 Å². The Morgan fingerprint density at radius 1 is 1.47 bits per heavy atom. The Morgan fingerprint density at radius 2 is 2.32 bits per heavy atom. The highest BCUT2D eigenvalue weighted by molar-refractivity contribution is 5.27. The smallest absolute Gasteiger partial charge is 0.130 e. The molecular formula is C16H24FNO. The molecule has 1 aliphatic rings. The van der Waals surface area contributed by atoms with Gasteiger partial charge < -0.3 is 10.1 Å². The number of benzene rings is 1. The summed E-state index contributed by atoms with van der Waals surface area (Å²) in [7, 11) is 0. The van der Waals surface area contributed by atoms with Crippen molar-refractivity contribution in [2.45, 2.75) is 51.7 Å². The van der Waals surface area contributed by atoms with Gasteiger partial charge in [0.05, 0.1) is 6.10 Å². The van der Waals surface area contributed by atoms with Gasteiger partial charge in [-0.3, -0.25) is 0 Å². The molecule has 0 aromatic heterocycles. The van der Waals surface area contributed by atoms with Crippen molar-refractivity contribution in [1.82, 2.24) is 5.32 Å².